The third-order valence-electron chi connectivity index (χ3n) is 11.3. The molecule has 0 radical (unpaired) electrons. The summed E-state index contributed by atoms with van der Waals surface area (Å²) in [7, 11) is 0. The SMILES string of the molecule is c1ccc(-n2c3cc4c(cc3c3c5ccccc5c5ccccc5c32)nc2cc(-c3ccc5c6ccccc6c6ccccc6c5c3)ccn24)cc1. The summed E-state index contributed by atoms with van der Waals surface area (Å²) in [6.45, 7) is 0. The van der Waals surface area contributed by atoms with E-state index in [9.17, 15) is 0 Å². The van der Waals surface area contributed by atoms with Gasteiger partial charge in [-0.25, -0.2) is 4.98 Å². The molecule has 0 unspecified atom stereocenters. The van der Waals surface area contributed by atoms with E-state index in [0.29, 0.717) is 0 Å². The largest absolute Gasteiger partial charge is 0.309 e. The summed E-state index contributed by atoms with van der Waals surface area (Å²) in [5.74, 6) is 0. The van der Waals surface area contributed by atoms with Crippen molar-refractivity contribution in [1.82, 2.24) is 14.0 Å². The zero-order valence-corrected chi connectivity index (χ0v) is 28.1. The quantitative estimate of drug-likeness (QED) is 0.169. The van der Waals surface area contributed by atoms with Crippen molar-refractivity contribution in [1.29, 1.82) is 0 Å². The molecule has 0 spiro atoms. The molecule has 0 atom stereocenters. The minimum Gasteiger partial charge on any atom is -0.309 e. The van der Waals surface area contributed by atoms with Gasteiger partial charge in [-0.2, -0.15) is 0 Å². The molecule has 3 heterocycles. The van der Waals surface area contributed by atoms with E-state index >= 15 is 0 Å². The summed E-state index contributed by atoms with van der Waals surface area (Å²) in [6.07, 6.45) is 2.19. The first-order chi connectivity index (χ1) is 25.8. The molecule has 0 saturated heterocycles. The number of hydrogen-bond donors (Lipinski definition) is 0. The van der Waals surface area contributed by atoms with Crippen LogP contribution >= 0.6 is 0 Å². The van der Waals surface area contributed by atoms with E-state index in [2.05, 4.69) is 185 Å². The summed E-state index contributed by atoms with van der Waals surface area (Å²) in [4.78, 5) is 5.29. The molecule has 0 aliphatic heterocycles. The Bertz CT molecular complexity index is 3420. The van der Waals surface area contributed by atoms with Crippen molar-refractivity contribution in [2.45, 2.75) is 0 Å². The van der Waals surface area contributed by atoms with E-state index in [0.717, 1.165) is 27.9 Å². The van der Waals surface area contributed by atoms with Crippen LogP contribution in [0.1, 0.15) is 0 Å². The summed E-state index contributed by atoms with van der Waals surface area (Å²) in [5.41, 5.74) is 8.93. The normalized spacial score (nSPS) is 12.2. The van der Waals surface area contributed by atoms with Crippen molar-refractivity contribution < 1.29 is 0 Å². The summed E-state index contributed by atoms with van der Waals surface area (Å²) in [5, 5.41) is 15.2. The van der Waals surface area contributed by atoms with Crippen molar-refractivity contribution in [3.05, 3.63) is 176 Å². The van der Waals surface area contributed by atoms with Gasteiger partial charge >= 0.3 is 0 Å². The number of nitrogens with zero attached hydrogens (tertiary/aromatic N) is 3. The van der Waals surface area contributed by atoms with Crippen LogP contribution in [0.5, 0.6) is 0 Å². The highest BCUT2D eigenvalue weighted by Gasteiger charge is 2.21. The zero-order chi connectivity index (χ0) is 33.9. The molecule has 3 nitrogen and oxygen atoms in total. The van der Waals surface area contributed by atoms with Gasteiger partial charge in [0.25, 0.3) is 0 Å². The monoisotopic (exact) mass is 659 g/mol. The van der Waals surface area contributed by atoms with Gasteiger partial charge in [-0.05, 0) is 102 Å². The van der Waals surface area contributed by atoms with Gasteiger partial charge in [0.05, 0.1) is 22.1 Å². The van der Waals surface area contributed by atoms with E-state index in [4.69, 9.17) is 4.98 Å². The number of para-hydroxylation sites is 1. The molecule has 0 fully saturated rings. The predicted molar refractivity (Wildman–Crippen MR) is 220 cm³/mol. The molecule has 0 bridgehead atoms. The number of fused-ring (bicyclic) bond motifs is 17. The van der Waals surface area contributed by atoms with E-state index in [1.807, 2.05) is 0 Å². The average Bonchev–Trinajstić information content (AvgIpc) is 3.75. The lowest BCUT2D eigenvalue weighted by atomic mass is 9.92. The van der Waals surface area contributed by atoms with Gasteiger partial charge in [0.1, 0.15) is 5.65 Å². The fraction of sp³-hybridized carbons (Fsp3) is 0. The third-order valence-corrected chi connectivity index (χ3v) is 11.3. The zero-order valence-electron chi connectivity index (χ0n) is 28.1. The van der Waals surface area contributed by atoms with Gasteiger partial charge in [0.15, 0.2) is 0 Å². The van der Waals surface area contributed by atoms with Crippen LogP contribution in [0.3, 0.4) is 0 Å². The lowest BCUT2D eigenvalue weighted by Gasteiger charge is -2.12. The molecule has 0 aliphatic carbocycles. The molecule has 0 aliphatic rings. The molecular weight excluding hydrogens is 631 g/mol. The van der Waals surface area contributed by atoms with Crippen molar-refractivity contribution in [2.24, 2.45) is 0 Å². The number of imidazole rings is 1. The Hall–Kier alpha value is -6.97. The molecule has 0 amide bonds. The molecule has 12 aromatic rings. The first-order valence-electron chi connectivity index (χ1n) is 17.9. The maximum atomic E-state index is 5.29. The average molecular weight is 660 g/mol. The number of aromatic nitrogens is 3. The third kappa shape index (κ3) is 3.72. The predicted octanol–water partition coefficient (Wildman–Crippen LogP) is 13.0. The number of hydrogen-bond acceptors (Lipinski definition) is 1. The van der Waals surface area contributed by atoms with Gasteiger partial charge in [-0.1, -0.05) is 127 Å². The Kier molecular flexibility index (Phi) is 5.50. The first-order valence-corrected chi connectivity index (χ1v) is 17.9. The molecule has 0 N–H and O–H groups in total. The lowest BCUT2D eigenvalue weighted by Crippen LogP contribution is -1.94. The Morgan fingerprint density at radius 2 is 0.904 bits per heavy atom. The van der Waals surface area contributed by atoms with E-state index in [-0.39, 0.29) is 0 Å². The Balaban J connectivity index is 1.13. The smallest absolute Gasteiger partial charge is 0.138 e. The molecule has 52 heavy (non-hydrogen) atoms. The van der Waals surface area contributed by atoms with Crippen molar-refractivity contribution in [3.8, 4) is 16.8 Å². The highest BCUT2D eigenvalue weighted by molar-refractivity contribution is 6.33. The van der Waals surface area contributed by atoms with E-state index < -0.39 is 0 Å². The van der Waals surface area contributed by atoms with Crippen molar-refractivity contribution in [2.75, 3.05) is 0 Å². The molecule has 3 heteroatoms. The number of rotatable bonds is 2. The van der Waals surface area contributed by atoms with Crippen LogP contribution in [0.25, 0.3) is 109 Å². The second-order valence-electron chi connectivity index (χ2n) is 14.0. The van der Waals surface area contributed by atoms with Crippen LogP contribution in [0.4, 0.5) is 0 Å². The van der Waals surface area contributed by atoms with Crippen LogP contribution in [-0.2, 0) is 0 Å². The lowest BCUT2D eigenvalue weighted by molar-refractivity contribution is 1.18. The van der Waals surface area contributed by atoms with Crippen LogP contribution in [-0.4, -0.2) is 14.0 Å². The molecular formula is C49H29N3. The summed E-state index contributed by atoms with van der Waals surface area (Å²) in [6, 6.07) is 62.0. The Labute approximate surface area is 298 Å². The second-order valence-corrected chi connectivity index (χ2v) is 14.0. The van der Waals surface area contributed by atoms with Gasteiger partial charge < -0.3 is 4.57 Å². The molecule has 240 valence electrons. The summed E-state index contributed by atoms with van der Waals surface area (Å²) >= 11 is 0. The minimum atomic E-state index is 0.939. The molecule has 9 aromatic carbocycles. The van der Waals surface area contributed by atoms with Crippen LogP contribution in [0, 0.1) is 0 Å². The van der Waals surface area contributed by atoms with Crippen molar-refractivity contribution >= 4 is 92.3 Å². The fourth-order valence-electron chi connectivity index (χ4n) is 8.99. The van der Waals surface area contributed by atoms with Crippen LogP contribution in [0.15, 0.2) is 176 Å². The van der Waals surface area contributed by atoms with Gasteiger partial charge in [0, 0.05) is 28.0 Å². The maximum Gasteiger partial charge on any atom is 0.138 e. The van der Waals surface area contributed by atoms with E-state index in [1.165, 1.54) is 81.2 Å². The Morgan fingerprint density at radius 3 is 1.60 bits per heavy atom. The summed E-state index contributed by atoms with van der Waals surface area (Å²) < 4.78 is 4.70. The second kappa shape index (κ2) is 10.3. The van der Waals surface area contributed by atoms with Gasteiger partial charge in [-0.3, -0.25) is 4.40 Å². The molecule has 3 aromatic heterocycles. The number of pyridine rings is 1. The first kappa shape index (κ1) is 27.8. The number of benzene rings is 9. The van der Waals surface area contributed by atoms with Gasteiger partial charge in [0.2, 0.25) is 0 Å². The highest BCUT2D eigenvalue weighted by Crippen LogP contribution is 2.44. The fourth-order valence-corrected chi connectivity index (χ4v) is 8.99. The van der Waals surface area contributed by atoms with Crippen LogP contribution in [0.2, 0.25) is 0 Å². The van der Waals surface area contributed by atoms with Crippen LogP contribution < -0.4 is 0 Å². The van der Waals surface area contributed by atoms with E-state index in [1.54, 1.807) is 0 Å². The molecule has 0 saturated carbocycles. The molecule has 12 rings (SSSR count). The topological polar surface area (TPSA) is 22.2 Å². The van der Waals surface area contributed by atoms with Gasteiger partial charge in [-0.15, -0.1) is 0 Å². The highest BCUT2D eigenvalue weighted by atomic mass is 15.0. The standard InChI is InChI=1S/C49H29N3/c1-2-12-32(13-3-1)52-45-29-46-44(28-43(45)48-40-20-10-8-17-36(40)37-18-9-11-21-41(37)49(48)52)50-47-27-31(24-25-51(46)47)30-22-23-39-35-16-5-4-14-33(35)34-15-6-7-19-38(34)42(39)26-30/h1-29H. The Morgan fingerprint density at radius 1 is 0.365 bits per heavy atom. The maximum absolute atomic E-state index is 5.29. The minimum absolute atomic E-state index is 0.939. The van der Waals surface area contributed by atoms with Crippen molar-refractivity contribution in [3.63, 3.8) is 0 Å².